The molecule has 1 N–H and O–H groups in total. The molecule has 0 radical (unpaired) electrons. The molecule has 1 amide bonds. The molecule has 0 spiro atoms. The Kier molecular flexibility index (Phi) is 4.54. The van der Waals surface area contributed by atoms with Crippen molar-refractivity contribution in [2.75, 3.05) is 18.5 Å². The zero-order valence-corrected chi connectivity index (χ0v) is 15.9. The smallest absolute Gasteiger partial charge is 0.259 e. The highest BCUT2D eigenvalue weighted by atomic mass is 79.9. The fraction of sp³-hybridized carbons (Fsp3) is 0.294. The predicted octanol–water partition coefficient (Wildman–Crippen LogP) is 2.59. The van der Waals surface area contributed by atoms with Gasteiger partial charge in [-0.15, -0.1) is 0 Å². The molecule has 1 aromatic heterocycles. The van der Waals surface area contributed by atoms with Crippen molar-refractivity contribution in [1.82, 2.24) is 14.9 Å². The SMILES string of the molecule is O=C1c2ccccc2C(=P)N1[C@H]1CCOC[C@H]1Nc1ncc(Br)cn1. The van der Waals surface area contributed by atoms with E-state index in [0.717, 1.165) is 27.4 Å². The Morgan fingerprint density at radius 3 is 2.68 bits per heavy atom. The maximum atomic E-state index is 12.9. The van der Waals surface area contributed by atoms with Crippen LogP contribution in [-0.4, -0.2) is 51.5 Å². The highest BCUT2D eigenvalue weighted by molar-refractivity contribution is 9.10. The molecule has 1 fully saturated rings. The number of aromatic nitrogens is 2. The van der Waals surface area contributed by atoms with Crippen molar-refractivity contribution < 1.29 is 9.53 Å². The van der Waals surface area contributed by atoms with Crippen LogP contribution in [0.2, 0.25) is 0 Å². The van der Waals surface area contributed by atoms with Gasteiger partial charge in [0.1, 0.15) is 0 Å². The number of nitrogens with one attached hydrogen (secondary N) is 1. The van der Waals surface area contributed by atoms with Crippen LogP contribution in [0.25, 0.3) is 0 Å². The van der Waals surface area contributed by atoms with E-state index >= 15 is 0 Å². The maximum absolute atomic E-state index is 12.9. The summed E-state index contributed by atoms with van der Waals surface area (Å²) in [6.45, 7) is 1.10. The van der Waals surface area contributed by atoms with Gasteiger partial charge in [-0.25, -0.2) is 9.97 Å². The van der Waals surface area contributed by atoms with Crippen molar-refractivity contribution in [3.8, 4) is 0 Å². The largest absolute Gasteiger partial charge is 0.379 e. The van der Waals surface area contributed by atoms with Gasteiger partial charge in [-0.1, -0.05) is 27.1 Å². The minimum absolute atomic E-state index is 0.0102. The number of carbonyl (C=O) groups is 1. The van der Waals surface area contributed by atoms with Crippen molar-refractivity contribution in [2.45, 2.75) is 18.5 Å². The minimum atomic E-state index is -0.0977. The van der Waals surface area contributed by atoms with Gasteiger partial charge in [0.25, 0.3) is 5.91 Å². The summed E-state index contributed by atoms with van der Waals surface area (Å²) in [5.41, 5.74) is 2.45. The van der Waals surface area contributed by atoms with E-state index in [-0.39, 0.29) is 18.0 Å². The summed E-state index contributed by atoms with van der Waals surface area (Å²) >= 11 is 3.33. The van der Waals surface area contributed by atoms with Crippen LogP contribution >= 0.6 is 24.8 Å². The van der Waals surface area contributed by atoms with Crippen molar-refractivity contribution in [2.24, 2.45) is 0 Å². The van der Waals surface area contributed by atoms with Crippen LogP contribution in [0.1, 0.15) is 22.3 Å². The number of amides is 1. The first-order chi connectivity index (χ1) is 12.1. The molecule has 2 aromatic rings. The number of carbonyl (C=O) groups excluding carboxylic acids is 1. The summed E-state index contributed by atoms with van der Waals surface area (Å²) < 4.78 is 6.44. The molecule has 0 saturated carbocycles. The van der Waals surface area contributed by atoms with Crippen LogP contribution in [-0.2, 0) is 4.74 Å². The summed E-state index contributed by atoms with van der Waals surface area (Å²) in [6, 6.07) is 7.49. The summed E-state index contributed by atoms with van der Waals surface area (Å²) in [4.78, 5) is 23.3. The van der Waals surface area contributed by atoms with Crippen LogP contribution < -0.4 is 5.32 Å². The molecule has 0 unspecified atom stereocenters. The van der Waals surface area contributed by atoms with E-state index < -0.39 is 0 Å². The second-order valence-electron chi connectivity index (χ2n) is 5.98. The van der Waals surface area contributed by atoms with Crippen LogP contribution in [0.5, 0.6) is 0 Å². The molecule has 1 saturated heterocycles. The van der Waals surface area contributed by atoms with E-state index in [1.54, 1.807) is 12.4 Å². The topological polar surface area (TPSA) is 67.3 Å². The number of halogens is 1. The lowest BCUT2D eigenvalue weighted by Gasteiger charge is -2.38. The van der Waals surface area contributed by atoms with E-state index in [0.29, 0.717) is 19.2 Å². The van der Waals surface area contributed by atoms with Crippen LogP contribution in [0.4, 0.5) is 5.95 Å². The number of anilines is 1. The Hall–Kier alpha value is -1.82. The van der Waals surface area contributed by atoms with Crippen molar-refractivity contribution in [3.63, 3.8) is 0 Å². The van der Waals surface area contributed by atoms with Gasteiger partial charge in [-0.2, -0.15) is 0 Å². The number of rotatable bonds is 3. The minimum Gasteiger partial charge on any atom is -0.379 e. The second-order valence-corrected chi connectivity index (χ2v) is 7.37. The molecule has 0 aliphatic carbocycles. The normalized spacial score (nSPS) is 22.8. The van der Waals surface area contributed by atoms with Crippen LogP contribution in [0, 0.1) is 0 Å². The lowest BCUT2D eigenvalue weighted by Crippen LogP contribution is -2.54. The first-order valence-electron chi connectivity index (χ1n) is 7.98. The molecule has 2 aliphatic rings. The van der Waals surface area contributed by atoms with Gasteiger partial charge < -0.3 is 10.1 Å². The van der Waals surface area contributed by atoms with Gasteiger partial charge in [0.2, 0.25) is 5.95 Å². The molecule has 0 bridgehead atoms. The first-order valence-corrected chi connectivity index (χ1v) is 9.28. The first kappa shape index (κ1) is 16.6. The third-order valence-corrected chi connectivity index (χ3v) is 5.38. The quantitative estimate of drug-likeness (QED) is 0.775. The Bertz CT molecular complexity index is 795. The second kappa shape index (κ2) is 6.83. The van der Waals surface area contributed by atoms with Gasteiger partial charge >= 0.3 is 0 Å². The number of fused-ring (bicyclic) bond motifs is 1. The van der Waals surface area contributed by atoms with Crippen LogP contribution in [0.15, 0.2) is 41.1 Å². The van der Waals surface area contributed by atoms with E-state index in [9.17, 15) is 4.79 Å². The number of hydrogen-bond acceptors (Lipinski definition) is 5. The monoisotopic (exact) mass is 418 g/mol. The van der Waals surface area contributed by atoms with Gasteiger partial charge in [0.05, 0.1) is 28.6 Å². The lowest BCUT2D eigenvalue weighted by molar-refractivity contribution is 0.0405. The Morgan fingerprint density at radius 2 is 1.96 bits per heavy atom. The Morgan fingerprint density at radius 1 is 1.24 bits per heavy atom. The summed E-state index contributed by atoms with van der Waals surface area (Å²) in [6.07, 6.45) is 4.11. The molecule has 4 rings (SSSR count). The van der Waals surface area contributed by atoms with E-state index in [4.69, 9.17) is 4.74 Å². The fourth-order valence-electron chi connectivity index (χ4n) is 3.28. The van der Waals surface area contributed by atoms with Gasteiger partial charge in [-0.05, 0) is 28.4 Å². The van der Waals surface area contributed by atoms with E-state index in [1.165, 1.54) is 0 Å². The van der Waals surface area contributed by atoms with Crippen molar-refractivity contribution in [1.29, 1.82) is 0 Å². The third-order valence-electron chi connectivity index (χ3n) is 4.46. The Balaban J connectivity index is 1.60. The molecule has 2 atom stereocenters. The fourth-order valence-corrected chi connectivity index (χ4v) is 3.97. The highest BCUT2D eigenvalue weighted by Gasteiger charge is 2.41. The zero-order chi connectivity index (χ0) is 17.4. The molecule has 3 heterocycles. The van der Waals surface area contributed by atoms with Crippen LogP contribution in [0.3, 0.4) is 0 Å². The van der Waals surface area contributed by atoms with E-state index in [1.807, 2.05) is 29.2 Å². The molecule has 1 aromatic carbocycles. The number of nitrogens with zero attached hydrogens (tertiary/aromatic N) is 3. The summed E-state index contributed by atoms with van der Waals surface area (Å²) in [5.74, 6) is 0.527. The van der Waals surface area contributed by atoms with Gasteiger partial charge in [0.15, 0.2) is 0 Å². The highest BCUT2D eigenvalue weighted by Crippen LogP contribution is 2.30. The number of hydrogen-bond donors (Lipinski definition) is 1. The van der Waals surface area contributed by atoms with Gasteiger partial charge in [0, 0.05) is 30.1 Å². The molecular weight excluding hydrogens is 403 g/mol. The standard InChI is InChI=1S/C17H16BrN4O2P/c18-10-7-19-17(20-8-10)21-13-9-24-6-5-14(13)22-15(23)11-3-1-2-4-12(11)16(22)25/h1-4,7-8,13-14,25H,5-6,9H2,(H,19,20,21)/t13-,14+/m1/s1. The molecule has 128 valence electrons. The average Bonchev–Trinajstić information content (AvgIpc) is 2.89. The summed E-state index contributed by atoms with van der Waals surface area (Å²) in [7, 11) is 3.68. The van der Waals surface area contributed by atoms with Crippen molar-refractivity contribution in [3.05, 3.63) is 52.3 Å². The molecule has 6 nitrogen and oxygen atoms in total. The lowest BCUT2D eigenvalue weighted by atomic mass is 10.0. The molecule has 2 aliphatic heterocycles. The predicted molar refractivity (Wildman–Crippen MR) is 101 cm³/mol. The Labute approximate surface area is 156 Å². The molecule has 8 heteroatoms. The maximum Gasteiger partial charge on any atom is 0.259 e. The number of benzene rings is 1. The zero-order valence-electron chi connectivity index (χ0n) is 13.3. The summed E-state index contributed by atoms with van der Waals surface area (Å²) in [5, 5.41) is 3.31. The van der Waals surface area contributed by atoms with E-state index in [2.05, 4.69) is 40.1 Å². The van der Waals surface area contributed by atoms with Crippen molar-refractivity contribution >= 4 is 42.1 Å². The number of ether oxygens (including phenoxy) is 1. The average molecular weight is 419 g/mol. The molecular formula is C17H16BrN4O2P. The van der Waals surface area contributed by atoms with Gasteiger partial charge in [-0.3, -0.25) is 9.69 Å². The molecule has 25 heavy (non-hydrogen) atoms. The third kappa shape index (κ3) is 3.08.